The van der Waals surface area contributed by atoms with E-state index in [0.717, 1.165) is 44.0 Å². The van der Waals surface area contributed by atoms with Crippen molar-refractivity contribution in [2.45, 2.75) is 110 Å². The second-order valence-electron chi connectivity index (χ2n) is 8.84. The first-order valence-electron chi connectivity index (χ1n) is 11.5. The number of carbonyl (C=O) groups excluding carboxylic acids is 2. The van der Waals surface area contributed by atoms with Crippen molar-refractivity contribution in [3.63, 3.8) is 0 Å². The molecule has 0 unspecified atom stereocenters. The summed E-state index contributed by atoms with van der Waals surface area (Å²) in [6.45, 7) is 10.2. The van der Waals surface area contributed by atoms with Gasteiger partial charge in [0.05, 0.1) is 0 Å². The summed E-state index contributed by atoms with van der Waals surface area (Å²) in [6.07, 6.45) is 16.8. The van der Waals surface area contributed by atoms with Crippen LogP contribution in [-0.4, -0.2) is 48.4 Å². The van der Waals surface area contributed by atoms with Gasteiger partial charge in [-0.15, -0.1) is 0 Å². The number of rotatable bonds is 21. The molecule has 0 atom stereocenters. The molecule has 1 N–H and O–H groups in total. The zero-order valence-corrected chi connectivity index (χ0v) is 19.7. The van der Waals surface area contributed by atoms with Crippen LogP contribution >= 0.6 is 11.9 Å². The van der Waals surface area contributed by atoms with Gasteiger partial charge in [-0.3, -0.25) is 4.72 Å². The van der Waals surface area contributed by atoms with E-state index in [4.69, 9.17) is 0 Å². The third-order valence-electron chi connectivity index (χ3n) is 4.69. The van der Waals surface area contributed by atoms with E-state index in [1.54, 1.807) is 0 Å². The number of aldehydes is 2. The Morgan fingerprint density at radius 3 is 1.57 bits per heavy atom. The van der Waals surface area contributed by atoms with Crippen molar-refractivity contribution in [3.05, 3.63) is 0 Å². The highest BCUT2D eigenvalue weighted by Gasteiger charge is 2.09. The molecule has 0 aromatic rings. The Hall–Kier alpha value is -0.390. The van der Waals surface area contributed by atoms with E-state index < -0.39 is 0 Å². The van der Waals surface area contributed by atoms with Gasteiger partial charge in [-0.2, -0.15) is 0 Å². The van der Waals surface area contributed by atoms with E-state index >= 15 is 0 Å². The standard InChI is InChI=1S/C23H46N2O2S/c1-23(2,3)24-28-22-16-19-25(17-12-8-4-6-10-14-20-26)18-13-9-5-7-11-15-21-27/h20-21,24H,4-19,22H2,1-3H3. The number of hydrogen-bond acceptors (Lipinski definition) is 5. The van der Waals surface area contributed by atoms with Crippen LogP contribution in [0.5, 0.6) is 0 Å². The Morgan fingerprint density at radius 2 is 1.11 bits per heavy atom. The third-order valence-corrected chi connectivity index (χ3v) is 5.94. The van der Waals surface area contributed by atoms with Crippen molar-refractivity contribution >= 4 is 24.5 Å². The van der Waals surface area contributed by atoms with Crippen LogP contribution in [0, 0.1) is 0 Å². The minimum Gasteiger partial charge on any atom is -0.303 e. The average Bonchev–Trinajstić information content (AvgIpc) is 2.64. The number of carbonyl (C=O) groups is 2. The lowest BCUT2D eigenvalue weighted by atomic mass is 10.1. The lowest BCUT2D eigenvalue weighted by Crippen LogP contribution is -2.31. The van der Waals surface area contributed by atoms with Gasteiger partial charge in [-0.1, -0.05) is 50.5 Å². The quantitative estimate of drug-likeness (QED) is 0.146. The molecule has 0 aliphatic carbocycles. The Morgan fingerprint density at radius 1 is 0.679 bits per heavy atom. The fourth-order valence-corrected chi connectivity index (χ4v) is 3.96. The molecule has 0 aromatic heterocycles. The van der Waals surface area contributed by atoms with Gasteiger partial charge >= 0.3 is 0 Å². The summed E-state index contributed by atoms with van der Waals surface area (Å²) in [5.74, 6) is 1.16. The molecule has 0 bridgehead atoms. The first-order valence-corrected chi connectivity index (χ1v) is 12.5. The van der Waals surface area contributed by atoms with Crippen LogP contribution in [0.2, 0.25) is 0 Å². The summed E-state index contributed by atoms with van der Waals surface area (Å²) in [4.78, 5) is 23.4. The summed E-state index contributed by atoms with van der Waals surface area (Å²) < 4.78 is 3.50. The molecule has 0 aromatic carbocycles. The molecule has 0 aliphatic rings. The van der Waals surface area contributed by atoms with Gasteiger partial charge < -0.3 is 14.5 Å². The zero-order valence-electron chi connectivity index (χ0n) is 18.8. The highest BCUT2D eigenvalue weighted by atomic mass is 32.2. The maximum absolute atomic E-state index is 10.4. The molecule has 0 rings (SSSR count). The van der Waals surface area contributed by atoms with Gasteiger partial charge in [-0.05, 0) is 72.5 Å². The van der Waals surface area contributed by atoms with Gasteiger partial charge in [0.25, 0.3) is 0 Å². The first kappa shape index (κ1) is 27.6. The van der Waals surface area contributed by atoms with Gasteiger partial charge in [0, 0.05) is 24.1 Å². The molecular formula is C23H46N2O2S. The van der Waals surface area contributed by atoms with Crippen LogP contribution in [0.15, 0.2) is 0 Å². The zero-order chi connectivity index (χ0) is 20.9. The number of hydrogen-bond donors (Lipinski definition) is 1. The molecule has 166 valence electrons. The molecule has 4 nitrogen and oxygen atoms in total. The van der Waals surface area contributed by atoms with Crippen molar-refractivity contribution < 1.29 is 9.59 Å². The molecule has 0 aliphatic heterocycles. The Kier molecular flexibility index (Phi) is 19.6. The van der Waals surface area contributed by atoms with Gasteiger partial charge in [0.15, 0.2) is 0 Å². The maximum Gasteiger partial charge on any atom is 0.119 e. The van der Waals surface area contributed by atoms with Gasteiger partial charge in [-0.25, -0.2) is 0 Å². The van der Waals surface area contributed by atoms with Crippen molar-refractivity contribution in [2.75, 3.05) is 25.4 Å². The van der Waals surface area contributed by atoms with E-state index in [1.165, 1.54) is 77.4 Å². The van der Waals surface area contributed by atoms with Crippen LogP contribution in [0.4, 0.5) is 0 Å². The van der Waals surface area contributed by atoms with Crippen molar-refractivity contribution in [3.8, 4) is 0 Å². The van der Waals surface area contributed by atoms with Crippen LogP contribution in [0.25, 0.3) is 0 Å². The molecule has 0 heterocycles. The summed E-state index contributed by atoms with van der Waals surface area (Å²) >= 11 is 1.85. The van der Waals surface area contributed by atoms with E-state index in [1.807, 2.05) is 11.9 Å². The third kappa shape index (κ3) is 21.9. The van der Waals surface area contributed by atoms with Crippen LogP contribution in [0.3, 0.4) is 0 Å². The van der Waals surface area contributed by atoms with Crippen molar-refractivity contribution in [2.24, 2.45) is 0 Å². The van der Waals surface area contributed by atoms with Gasteiger partial charge in [0.2, 0.25) is 0 Å². The second kappa shape index (κ2) is 19.9. The molecule has 0 amide bonds. The molecule has 0 saturated carbocycles. The Bertz CT molecular complexity index is 337. The molecular weight excluding hydrogens is 368 g/mol. The predicted octanol–water partition coefficient (Wildman–Crippen LogP) is 5.79. The number of nitrogens with one attached hydrogen (secondary N) is 1. The molecule has 0 radical (unpaired) electrons. The smallest absolute Gasteiger partial charge is 0.119 e. The SMILES string of the molecule is CC(C)(C)NSCCCN(CCCCCCCC=O)CCCCCCCC=O. The largest absolute Gasteiger partial charge is 0.303 e. The highest BCUT2D eigenvalue weighted by Crippen LogP contribution is 2.11. The fourth-order valence-electron chi connectivity index (χ4n) is 3.15. The minimum absolute atomic E-state index is 0.179. The van der Waals surface area contributed by atoms with Crippen molar-refractivity contribution in [1.82, 2.24) is 9.62 Å². The van der Waals surface area contributed by atoms with Crippen LogP contribution in [0.1, 0.15) is 104 Å². The van der Waals surface area contributed by atoms with Gasteiger partial charge in [0.1, 0.15) is 12.6 Å². The molecule has 0 saturated heterocycles. The number of nitrogens with zero attached hydrogens (tertiary/aromatic N) is 1. The van der Waals surface area contributed by atoms with E-state index in [-0.39, 0.29) is 5.54 Å². The topological polar surface area (TPSA) is 49.4 Å². The molecule has 28 heavy (non-hydrogen) atoms. The van der Waals surface area contributed by atoms with Crippen molar-refractivity contribution in [1.29, 1.82) is 0 Å². The monoisotopic (exact) mass is 414 g/mol. The maximum atomic E-state index is 10.4. The Labute approximate surface area is 179 Å². The molecule has 0 fully saturated rings. The van der Waals surface area contributed by atoms with Crippen LogP contribution in [-0.2, 0) is 9.59 Å². The number of unbranched alkanes of at least 4 members (excludes halogenated alkanes) is 10. The molecule has 5 heteroatoms. The predicted molar refractivity (Wildman–Crippen MR) is 124 cm³/mol. The summed E-state index contributed by atoms with van der Waals surface area (Å²) in [6, 6.07) is 0. The second-order valence-corrected chi connectivity index (χ2v) is 9.74. The Balaban J connectivity index is 3.91. The average molecular weight is 415 g/mol. The van der Waals surface area contributed by atoms with Crippen LogP contribution < -0.4 is 4.72 Å². The summed E-state index contributed by atoms with van der Waals surface area (Å²) in [5.41, 5.74) is 0.179. The first-order chi connectivity index (χ1) is 13.5. The minimum atomic E-state index is 0.179. The van der Waals surface area contributed by atoms with E-state index in [2.05, 4.69) is 30.4 Å². The molecule has 0 spiro atoms. The highest BCUT2D eigenvalue weighted by molar-refractivity contribution is 7.97. The van der Waals surface area contributed by atoms with E-state index in [9.17, 15) is 9.59 Å². The summed E-state index contributed by atoms with van der Waals surface area (Å²) in [7, 11) is 0. The lowest BCUT2D eigenvalue weighted by molar-refractivity contribution is -0.108. The lowest BCUT2D eigenvalue weighted by Gasteiger charge is -2.23. The summed E-state index contributed by atoms with van der Waals surface area (Å²) in [5, 5.41) is 0. The van der Waals surface area contributed by atoms with E-state index in [0.29, 0.717) is 0 Å². The normalized spacial score (nSPS) is 11.9. The fraction of sp³-hybridized carbons (Fsp3) is 0.913.